The second-order valence-corrected chi connectivity index (χ2v) is 8.72. The summed E-state index contributed by atoms with van der Waals surface area (Å²) in [4.78, 5) is 37.7. The fourth-order valence-electron chi connectivity index (χ4n) is 2.93. The minimum absolute atomic E-state index is 0.155. The summed E-state index contributed by atoms with van der Waals surface area (Å²) >= 11 is 3.07. The molecule has 0 spiro atoms. The van der Waals surface area contributed by atoms with Crippen molar-refractivity contribution < 1.29 is 23.9 Å². The molecular weight excluding hydrogens is 517 g/mol. The Bertz CT molecular complexity index is 1180. The Balaban J connectivity index is 1.53. The van der Waals surface area contributed by atoms with Gasteiger partial charge < -0.3 is 9.52 Å². The minimum atomic E-state index is -1.02. The molecule has 30 heavy (non-hydrogen) atoms. The molecule has 150 valence electrons. The van der Waals surface area contributed by atoms with E-state index in [9.17, 15) is 14.4 Å². The van der Waals surface area contributed by atoms with Crippen molar-refractivity contribution in [2.45, 2.75) is 6.54 Å². The monoisotopic (exact) mass is 531 g/mol. The van der Waals surface area contributed by atoms with E-state index in [1.165, 1.54) is 23.1 Å². The van der Waals surface area contributed by atoms with Gasteiger partial charge in [0.15, 0.2) is 0 Å². The lowest BCUT2D eigenvalue weighted by atomic mass is 10.1. The van der Waals surface area contributed by atoms with Crippen LogP contribution in [0.15, 0.2) is 70.0 Å². The van der Waals surface area contributed by atoms with Crippen molar-refractivity contribution in [1.29, 1.82) is 0 Å². The van der Waals surface area contributed by atoms with Crippen LogP contribution in [0.2, 0.25) is 0 Å². The van der Waals surface area contributed by atoms with E-state index < -0.39 is 5.97 Å². The molecule has 4 rings (SSSR count). The molecule has 1 fully saturated rings. The van der Waals surface area contributed by atoms with Gasteiger partial charge in [-0.1, -0.05) is 24.3 Å². The number of carboxylic acid groups (broad SMARTS) is 1. The number of hydrogen-bond donors (Lipinski definition) is 1. The summed E-state index contributed by atoms with van der Waals surface area (Å²) in [5.41, 5.74) is 1.64. The number of imide groups is 1. The van der Waals surface area contributed by atoms with E-state index in [0.717, 1.165) is 20.9 Å². The maximum atomic E-state index is 12.7. The first-order chi connectivity index (χ1) is 14.4. The number of carbonyl (C=O) groups is 3. The maximum Gasteiger partial charge on any atom is 0.335 e. The average molecular weight is 531 g/mol. The molecule has 0 bridgehead atoms. The second-order valence-electron chi connectivity index (χ2n) is 6.48. The largest absolute Gasteiger partial charge is 0.478 e. The van der Waals surface area contributed by atoms with E-state index in [4.69, 9.17) is 9.52 Å². The number of nitrogens with zero attached hydrogens (tertiary/aromatic N) is 1. The number of halogens is 1. The highest BCUT2D eigenvalue weighted by Crippen LogP contribution is 2.34. The molecule has 1 saturated heterocycles. The van der Waals surface area contributed by atoms with Crippen LogP contribution >= 0.6 is 34.4 Å². The molecular formula is C22H14INO5S. The van der Waals surface area contributed by atoms with Crippen molar-refractivity contribution in [1.82, 2.24) is 4.90 Å². The van der Waals surface area contributed by atoms with Crippen LogP contribution in [-0.2, 0) is 11.3 Å². The van der Waals surface area contributed by atoms with Crippen molar-refractivity contribution in [2.75, 3.05) is 0 Å². The summed E-state index contributed by atoms with van der Waals surface area (Å²) in [6.45, 7) is 0.213. The van der Waals surface area contributed by atoms with Crippen LogP contribution in [-0.4, -0.2) is 27.1 Å². The molecule has 8 heteroatoms. The Kier molecular flexibility index (Phi) is 5.78. The lowest BCUT2D eigenvalue weighted by molar-refractivity contribution is -0.123. The molecule has 0 radical (unpaired) electrons. The van der Waals surface area contributed by atoms with Crippen LogP contribution in [0, 0.1) is 3.57 Å². The lowest BCUT2D eigenvalue weighted by Crippen LogP contribution is -2.27. The predicted molar refractivity (Wildman–Crippen MR) is 122 cm³/mol. The molecule has 1 aliphatic rings. The van der Waals surface area contributed by atoms with Crippen LogP contribution in [0.1, 0.15) is 21.7 Å². The average Bonchev–Trinajstić information content (AvgIpc) is 3.30. The zero-order valence-corrected chi connectivity index (χ0v) is 18.3. The number of hydrogen-bond acceptors (Lipinski definition) is 5. The van der Waals surface area contributed by atoms with Gasteiger partial charge in [-0.25, -0.2) is 4.79 Å². The first-order valence-electron chi connectivity index (χ1n) is 8.84. The van der Waals surface area contributed by atoms with Gasteiger partial charge in [0, 0.05) is 15.2 Å². The Morgan fingerprint density at radius 3 is 2.60 bits per heavy atom. The van der Waals surface area contributed by atoms with Crippen LogP contribution in [0.25, 0.3) is 17.4 Å². The van der Waals surface area contributed by atoms with Gasteiger partial charge in [-0.2, -0.15) is 0 Å². The Morgan fingerprint density at radius 2 is 1.87 bits per heavy atom. The number of rotatable bonds is 5. The van der Waals surface area contributed by atoms with Gasteiger partial charge in [-0.15, -0.1) is 0 Å². The highest BCUT2D eigenvalue weighted by molar-refractivity contribution is 14.1. The highest BCUT2D eigenvalue weighted by atomic mass is 127. The first kappa shape index (κ1) is 20.4. The van der Waals surface area contributed by atoms with E-state index in [-0.39, 0.29) is 28.2 Å². The summed E-state index contributed by atoms with van der Waals surface area (Å²) in [6, 6.07) is 17.4. The van der Waals surface area contributed by atoms with E-state index in [1.54, 1.807) is 24.3 Å². The zero-order chi connectivity index (χ0) is 21.3. The van der Waals surface area contributed by atoms with Gasteiger partial charge in [-0.05, 0) is 76.3 Å². The van der Waals surface area contributed by atoms with Crippen LogP contribution in [0.5, 0.6) is 0 Å². The number of amides is 2. The highest BCUT2D eigenvalue weighted by Gasteiger charge is 2.35. The topological polar surface area (TPSA) is 87.8 Å². The third-order valence-corrected chi connectivity index (χ3v) is 6.05. The van der Waals surface area contributed by atoms with Gasteiger partial charge in [0.05, 0.1) is 17.0 Å². The SMILES string of the molecule is O=C(O)c1cccc(-c2ccc(/C=C3\SC(=O)N(Cc4ccc(I)cc4)C3=O)o2)c1. The second kappa shape index (κ2) is 8.49. The molecule has 0 aliphatic carbocycles. The van der Waals surface area contributed by atoms with Gasteiger partial charge in [0.25, 0.3) is 11.1 Å². The number of carbonyl (C=O) groups excluding carboxylic acids is 2. The molecule has 3 aromatic rings. The number of carboxylic acids is 1. The van der Waals surface area contributed by atoms with Gasteiger partial charge in [0.1, 0.15) is 11.5 Å². The fourth-order valence-corrected chi connectivity index (χ4v) is 4.11. The van der Waals surface area contributed by atoms with E-state index in [2.05, 4.69) is 22.6 Å². The molecule has 1 aliphatic heterocycles. The Hall–Kier alpha value is -2.85. The van der Waals surface area contributed by atoms with Crippen LogP contribution < -0.4 is 0 Å². The van der Waals surface area contributed by atoms with Gasteiger partial charge in [0.2, 0.25) is 0 Å². The van der Waals surface area contributed by atoms with Crippen molar-refractivity contribution >= 4 is 57.5 Å². The van der Waals surface area contributed by atoms with Crippen molar-refractivity contribution in [2.24, 2.45) is 0 Å². The smallest absolute Gasteiger partial charge is 0.335 e. The molecule has 0 unspecified atom stereocenters. The molecule has 1 aromatic heterocycles. The maximum absolute atomic E-state index is 12.7. The summed E-state index contributed by atoms with van der Waals surface area (Å²) in [7, 11) is 0. The van der Waals surface area contributed by atoms with E-state index in [1.807, 2.05) is 24.3 Å². The summed E-state index contributed by atoms with van der Waals surface area (Å²) < 4.78 is 6.83. The normalized spacial score (nSPS) is 15.2. The Morgan fingerprint density at radius 1 is 1.10 bits per heavy atom. The van der Waals surface area contributed by atoms with Crippen molar-refractivity contribution in [3.8, 4) is 11.3 Å². The lowest BCUT2D eigenvalue weighted by Gasteiger charge is -2.12. The number of aromatic carboxylic acids is 1. The summed E-state index contributed by atoms with van der Waals surface area (Å²) in [5, 5.41) is 8.80. The minimum Gasteiger partial charge on any atom is -0.478 e. The molecule has 1 N–H and O–H groups in total. The molecule has 2 aromatic carbocycles. The fraction of sp³-hybridized carbons (Fsp3) is 0.0455. The van der Waals surface area contributed by atoms with Gasteiger partial charge in [-0.3, -0.25) is 14.5 Å². The molecule has 2 amide bonds. The number of thioether (sulfide) groups is 1. The number of furan rings is 1. The molecule has 2 heterocycles. The third kappa shape index (κ3) is 4.34. The Labute approximate surface area is 189 Å². The van der Waals surface area contributed by atoms with Crippen molar-refractivity contribution in [3.05, 3.63) is 86.0 Å². The van der Waals surface area contributed by atoms with E-state index >= 15 is 0 Å². The van der Waals surface area contributed by atoms with E-state index in [0.29, 0.717) is 17.1 Å². The predicted octanol–water partition coefficient (Wildman–Crippen LogP) is 5.49. The summed E-state index contributed by atoms with van der Waals surface area (Å²) in [6.07, 6.45) is 1.53. The third-order valence-electron chi connectivity index (χ3n) is 4.42. The van der Waals surface area contributed by atoms with Crippen molar-refractivity contribution in [3.63, 3.8) is 0 Å². The van der Waals surface area contributed by atoms with Gasteiger partial charge >= 0.3 is 5.97 Å². The number of benzene rings is 2. The quantitative estimate of drug-likeness (QED) is 0.346. The molecule has 0 saturated carbocycles. The first-order valence-corrected chi connectivity index (χ1v) is 10.7. The van der Waals surface area contributed by atoms with Crippen LogP contribution in [0.4, 0.5) is 4.79 Å². The molecule has 0 atom stereocenters. The standard InChI is InChI=1S/C22H14INO5S/c23-16-6-4-13(5-7-16)12-24-20(25)19(30-22(24)28)11-17-8-9-18(29-17)14-2-1-3-15(10-14)21(26)27/h1-11H,12H2,(H,26,27)/b19-11-. The van der Waals surface area contributed by atoms with Crippen LogP contribution in [0.3, 0.4) is 0 Å². The summed E-state index contributed by atoms with van der Waals surface area (Å²) in [5.74, 6) is -0.507. The molecule has 6 nitrogen and oxygen atoms in total. The zero-order valence-electron chi connectivity index (χ0n) is 15.4.